The molecule has 1 aliphatic carbocycles. The second-order valence-electron chi connectivity index (χ2n) is 5.60. The lowest BCUT2D eigenvalue weighted by Gasteiger charge is -2.25. The van der Waals surface area contributed by atoms with Crippen LogP contribution in [0.25, 0.3) is 0 Å². The number of likely N-dealkylation sites (tertiary alicyclic amines) is 1. The first kappa shape index (κ1) is 11.8. The highest BCUT2D eigenvalue weighted by molar-refractivity contribution is 5.82. The van der Waals surface area contributed by atoms with Crippen LogP contribution in [0.2, 0.25) is 0 Å². The molecule has 1 aromatic carbocycles. The van der Waals surface area contributed by atoms with Crippen LogP contribution in [0, 0.1) is 11.7 Å². The molecule has 1 aromatic rings. The minimum absolute atomic E-state index is 0.245. The molecule has 3 rings (SSSR count). The summed E-state index contributed by atoms with van der Waals surface area (Å²) in [6.07, 6.45) is 4.31. The van der Waals surface area contributed by atoms with Crippen LogP contribution < -0.4 is 0 Å². The largest absolute Gasteiger partial charge is 0.298 e. The number of piperidine rings is 1. The number of rotatable bonds is 4. The average molecular weight is 247 g/mol. The summed E-state index contributed by atoms with van der Waals surface area (Å²) in [5.74, 6) is 0.825. The van der Waals surface area contributed by atoms with Gasteiger partial charge < -0.3 is 0 Å². The average Bonchev–Trinajstić information content (AvgIpc) is 2.94. The van der Waals surface area contributed by atoms with E-state index in [9.17, 15) is 9.18 Å². The second kappa shape index (κ2) is 4.81. The molecule has 96 valence electrons. The monoisotopic (exact) mass is 247 g/mol. The summed E-state index contributed by atoms with van der Waals surface area (Å²) in [4.78, 5) is 14.3. The van der Waals surface area contributed by atoms with Crippen LogP contribution in [0.4, 0.5) is 4.39 Å². The predicted molar refractivity (Wildman–Crippen MR) is 67.8 cm³/mol. The Morgan fingerprint density at radius 1 is 1.28 bits per heavy atom. The lowest BCUT2D eigenvalue weighted by molar-refractivity contribution is -0.119. The minimum Gasteiger partial charge on any atom is -0.298 e. The van der Waals surface area contributed by atoms with Crippen molar-refractivity contribution in [2.75, 3.05) is 13.1 Å². The van der Waals surface area contributed by atoms with Crippen LogP contribution in [0.3, 0.4) is 0 Å². The number of Topliss-reactive ketones (excluding diaryl/α,β-unsaturated/α-hetero) is 1. The highest BCUT2D eigenvalue weighted by Gasteiger charge is 2.38. The summed E-state index contributed by atoms with van der Waals surface area (Å²) in [6.45, 7) is 1.67. The smallest absolute Gasteiger partial charge is 0.151 e. The Morgan fingerprint density at radius 3 is 2.67 bits per heavy atom. The van der Waals surface area contributed by atoms with Crippen LogP contribution in [-0.2, 0) is 11.2 Å². The molecule has 2 atom stereocenters. The number of hydrogen-bond donors (Lipinski definition) is 0. The molecule has 18 heavy (non-hydrogen) atoms. The van der Waals surface area contributed by atoms with Gasteiger partial charge in [-0.15, -0.1) is 0 Å². The molecule has 2 unspecified atom stereocenters. The molecule has 0 N–H and O–H groups in total. The van der Waals surface area contributed by atoms with Crippen LogP contribution in [0.5, 0.6) is 0 Å². The Kier molecular flexibility index (Phi) is 3.16. The van der Waals surface area contributed by atoms with Crippen molar-refractivity contribution >= 4 is 5.78 Å². The Balaban J connectivity index is 1.54. The first-order valence-corrected chi connectivity index (χ1v) is 6.71. The third-order valence-electron chi connectivity index (χ3n) is 4.22. The molecular formula is C15H18FNO. The van der Waals surface area contributed by atoms with Crippen LogP contribution in [0.15, 0.2) is 24.3 Å². The second-order valence-corrected chi connectivity index (χ2v) is 5.60. The molecule has 3 heteroatoms. The maximum absolute atomic E-state index is 12.8. The zero-order valence-electron chi connectivity index (χ0n) is 10.4. The quantitative estimate of drug-likeness (QED) is 0.814. The highest BCUT2D eigenvalue weighted by Crippen LogP contribution is 2.36. The highest BCUT2D eigenvalue weighted by atomic mass is 19.1. The van der Waals surface area contributed by atoms with E-state index in [4.69, 9.17) is 0 Å². The number of fused-ring (bicyclic) bond motifs is 2. The van der Waals surface area contributed by atoms with Gasteiger partial charge in [-0.3, -0.25) is 9.69 Å². The molecule has 2 fully saturated rings. The molecule has 0 amide bonds. The van der Waals surface area contributed by atoms with E-state index in [1.807, 2.05) is 0 Å². The van der Waals surface area contributed by atoms with Gasteiger partial charge in [0.05, 0.1) is 6.54 Å². The van der Waals surface area contributed by atoms with E-state index in [1.165, 1.54) is 31.4 Å². The first-order chi connectivity index (χ1) is 8.70. The summed E-state index contributed by atoms with van der Waals surface area (Å²) in [6, 6.07) is 6.88. The van der Waals surface area contributed by atoms with Crippen molar-refractivity contribution in [1.82, 2.24) is 4.90 Å². The summed E-state index contributed by atoms with van der Waals surface area (Å²) >= 11 is 0. The lowest BCUT2D eigenvalue weighted by Crippen LogP contribution is -2.36. The number of halogens is 1. The molecule has 0 aromatic heterocycles. The number of hydrogen-bond acceptors (Lipinski definition) is 2. The first-order valence-electron chi connectivity index (χ1n) is 6.71. The molecule has 2 nitrogen and oxygen atoms in total. The molecule has 1 saturated heterocycles. The van der Waals surface area contributed by atoms with Crippen LogP contribution in [-0.4, -0.2) is 29.8 Å². The van der Waals surface area contributed by atoms with Crippen LogP contribution in [0.1, 0.15) is 24.8 Å². The number of carbonyl (C=O) groups excluding carboxylic acids is 1. The van der Waals surface area contributed by atoms with E-state index in [-0.39, 0.29) is 11.6 Å². The molecule has 0 spiro atoms. The number of carbonyl (C=O) groups is 1. The third kappa shape index (κ3) is 2.46. The molecule has 2 bridgehead atoms. The van der Waals surface area contributed by atoms with E-state index >= 15 is 0 Å². The topological polar surface area (TPSA) is 20.3 Å². The number of nitrogens with zero attached hydrogens (tertiary/aromatic N) is 1. The van der Waals surface area contributed by atoms with Gasteiger partial charge in [0.25, 0.3) is 0 Å². The van der Waals surface area contributed by atoms with Gasteiger partial charge in [0, 0.05) is 19.0 Å². The van der Waals surface area contributed by atoms with Gasteiger partial charge in [-0.05, 0) is 42.9 Å². The number of ketones is 1. The molecule has 0 radical (unpaired) electrons. The molecule has 2 aliphatic rings. The van der Waals surface area contributed by atoms with Gasteiger partial charge in [0.1, 0.15) is 5.82 Å². The van der Waals surface area contributed by atoms with E-state index in [1.54, 1.807) is 12.1 Å². The summed E-state index contributed by atoms with van der Waals surface area (Å²) in [7, 11) is 0. The van der Waals surface area contributed by atoms with Crippen LogP contribution >= 0.6 is 0 Å². The van der Waals surface area contributed by atoms with E-state index in [0.29, 0.717) is 19.0 Å². The van der Waals surface area contributed by atoms with Crippen molar-refractivity contribution in [2.45, 2.75) is 31.7 Å². The van der Waals surface area contributed by atoms with Crippen molar-refractivity contribution < 1.29 is 9.18 Å². The Hall–Kier alpha value is -1.22. The Bertz CT molecular complexity index is 442. The lowest BCUT2D eigenvalue weighted by atomic mass is 10.1. The van der Waals surface area contributed by atoms with Gasteiger partial charge in [-0.1, -0.05) is 12.1 Å². The van der Waals surface area contributed by atoms with Gasteiger partial charge >= 0.3 is 0 Å². The zero-order valence-corrected chi connectivity index (χ0v) is 10.4. The van der Waals surface area contributed by atoms with E-state index in [0.717, 1.165) is 18.0 Å². The summed E-state index contributed by atoms with van der Waals surface area (Å²) in [5, 5.41) is 0. The van der Waals surface area contributed by atoms with E-state index < -0.39 is 0 Å². The van der Waals surface area contributed by atoms with Crippen molar-refractivity contribution in [2.24, 2.45) is 5.92 Å². The SMILES string of the molecule is O=C(Cc1ccc(F)cc1)CN1CC2CCC1C2. The Labute approximate surface area is 107 Å². The maximum atomic E-state index is 12.8. The van der Waals surface area contributed by atoms with Crippen molar-refractivity contribution in [3.63, 3.8) is 0 Å². The van der Waals surface area contributed by atoms with E-state index in [2.05, 4.69) is 4.90 Å². The van der Waals surface area contributed by atoms with Crippen molar-refractivity contribution in [1.29, 1.82) is 0 Å². The van der Waals surface area contributed by atoms with Gasteiger partial charge in [-0.2, -0.15) is 0 Å². The van der Waals surface area contributed by atoms with Gasteiger partial charge in [0.2, 0.25) is 0 Å². The Morgan fingerprint density at radius 2 is 2.06 bits per heavy atom. The maximum Gasteiger partial charge on any atom is 0.151 e. The fraction of sp³-hybridized carbons (Fsp3) is 0.533. The molecule has 1 saturated carbocycles. The van der Waals surface area contributed by atoms with Gasteiger partial charge in [-0.25, -0.2) is 4.39 Å². The summed E-state index contributed by atoms with van der Waals surface area (Å²) in [5.41, 5.74) is 0.908. The minimum atomic E-state index is -0.247. The predicted octanol–water partition coefficient (Wildman–Crippen LogP) is 2.42. The van der Waals surface area contributed by atoms with Gasteiger partial charge in [0.15, 0.2) is 5.78 Å². The fourth-order valence-electron chi connectivity index (χ4n) is 3.33. The molecular weight excluding hydrogens is 229 g/mol. The number of benzene rings is 1. The zero-order chi connectivity index (χ0) is 12.5. The van der Waals surface area contributed by atoms with Crippen molar-refractivity contribution in [3.05, 3.63) is 35.6 Å². The molecule has 1 heterocycles. The summed E-state index contributed by atoms with van der Waals surface area (Å²) < 4.78 is 12.8. The molecule has 1 aliphatic heterocycles. The standard InChI is InChI=1S/C15H18FNO/c16-13-4-1-11(2-5-13)8-15(18)10-17-9-12-3-6-14(17)7-12/h1-2,4-5,12,14H,3,6-10H2. The third-order valence-corrected chi connectivity index (χ3v) is 4.22. The normalized spacial score (nSPS) is 26.7. The van der Waals surface area contributed by atoms with Crippen molar-refractivity contribution in [3.8, 4) is 0 Å². The fourth-order valence-corrected chi connectivity index (χ4v) is 3.33.